The van der Waals surface area contributed by atoms with Crippen LogP contribution in [-0.2, 0) is 9.47 Å². The molecule has 1 N–H and O–H groups in total. The molecule has 0 atom stereocenters. The molecule has 0 radical (unpaired) electrons. The Morgan fingerprint density at radius 1 is 1.38 bits per heavy atom. The first-order valence-corrected chi connectivity index (χ1v) is 4.79. The summed E-state index contributed by atoms with van der Waals surface area (Å²) in [7, 11) is 2.86. The maximum atomic E-state index is 11.9. The Morgan fingerprint density at radius 3 is 2.81 bits per heavy atom. The standard InChI is InChI=1S/C11H12N2O3/c1-15-11(16-2)10(14)7-3-4-8-9(5-7)13-6-12-8/h3-6,11H,1-2H3,(H,12,13). The number of aromatic amines is 1. The number of hydrogen-bond donors (Lipinski definition) is 1. The highest BCUT2D eigenvalue weighted by Crippen LogP contribution is 2.14. The Morgan fingerprint density at radius 2 is 2.12 bits per heavy atom. The van der Waals surface area contributed by atoms with Gasteiger partial charge in [0.15, 0.2) is 0 Å². The van der Waals surface area contributed by atoms with Crippen molar-refractivity contribution >= 4 is 16.8 Å². The number of nitrogens with one attached hydrogen (secondary N) is 1. The van der Waals surface area contributed by atoms with Gasteiger partial charge in [-0.1, -0.05) is 0 Å². The third kappa shape index (κ3) is 1.82. The van der Waals surface area contributed by atoms with E-state index < -0.39 is 6.29 Å². The highest BCUT2D eigenvalue weighted by atomic mass is 16.7. The highest BCUT2D eigenvalue weighted by molar-refractivity contribution is 6.01. The number of benzene rings is 1. The molecule has 0 spiro atoms. The maximum Gasteiger partial charge on any atom is 0.222 e. The van der Waals surface area contributed by atoms with E-state index in [0.717, 1.165) is 11.0 Å². The summed E-state index contributed by atoms with van der Waals surface area (Å²) in [5.74, 6) is -0.207. The van der Waals surface area contributed by atoms with Crippen LogP contribution >= 0.6 is 0 Å². The number of nitrogens with zero attached hydrogens (tertiary/aromatic N) is 1. The lowest BCUT2D eigenvalue weighted by atomic mass is 10.1. The number of carbonyl (C=O) groups excluding carboxylic acids is 1. The van der Waals surface area contributed by atoms with Gasteiger partial charge >= 0.3 is 0 Å². The van der Waals surface area contributed by atoms with Crippen LogP contribution in [0.25, 0.3) is 11.0 Å². The minimum absolute atomic E-state index is 0.207. The van der Waals surface area contributed by atoms with Gasteiger partial charge in [-0.05, 0) is 18.2 Å². The van der Waals surface area contributed by atoms with E-state index in [1.54, 1.807) is 24.5 Å². The molecule has 2 aromatic rings. The quantitative estimate of drug-likeness (QED) is 0.624. The van der Waals surface area contributed by atoms with Gasteiger partial charge in [0.05, 0.1) is 17.4 Å². The van der Waals surface area contributed by atoms with Crippen molar-refractivity contribution in [3.63, 3.8) is 0 Å². The number of aromatic nitrogens is 2. The SMILES string of the molecule is COC(OC)C(=O)c1ccc2nc[nH]c2c1. The predicted octanol–water partition coefficient (Wildman–Crippen LogP) is 1.36. The van der Waals surface area contributed by atoms with E-state index in [1.807, 2.05) is 0 Å². The summed E-state index contributed by atoms with van der Waals surface area (Å²) in [5, 5.41) is 0. The first kappa shape index (κ1) is 10.8. The van der Waals surface area contributed by atoms with Gasteiger partial charge < -0.3 is 14.5 Å². The molecular weight excluding hydrogens is 208 g/mol. The van der Waals surface area contributed by atoms with Crippen LogP contribution in [0.2, 0.25) is 0 Å². The van der Waals surface area contributed by atoms with Gasteiger partial charge in [0.1, 0.15) is 0 Å². The van der Waals surface area contributed by atoms with Crippen molar-refractivity contribution in [2.45, 2.75) is 6.29 Å². The van der Waals surface area contributed by atoms with Crippen LogP contribution in [0.1, 0.15) is 10.4 Å². The lowest BCUT2D eigenvalue weighted by Gasteiger charge is -2.11. The molecular formula is C11H12N2O3. The van der Waals surface area contributed by atoms with Crippen LogP contribution in [0.4, 0.5) is 0 Å². The zero-order chi connectivity index (χ0) is 11.5. The molecule has 0 aliphatic carbocycles. The Bertz CT molecular complexity index is 503. The van der Waals surface area contributed by atoms with E-state index in [1.165, 1.54) is 14.2 Å². The van der Waals surface area contributed by atoms with Crippen molar-refractivity contribution in [3.05, 3.63) is 30.1 Å². The second-order valence-electron chi connectivity index (χ2n) is 3.30. The largest absolute Gasteiger partial charge is 0.349 e. The van der Waals surface area contributed by atoms with Crippen LogP contribution < -0.4 is 0 Å². The van der Waals surface area contributed by atoms with Crippen LogP contribution in [0.3, 0.4) is 0 Å². The fraction of sp³-hybridized carbons (Fsp3) is 0.273. The Balaban J connectivity index is 2.35. The lowest BCUT2D eigenvalue weighted by Crippen LogP contribution is -2.24. The van der Waals surface area contributed by atoms with Gasteiger partial charge in [-0.2, -0.15) is 0 Å². The van der Waals surface area contributed by atoms with Crippen molar-refractivity contribution < 1.29 is 14.3 Å². The van der Waals surface area contributed by atoms with Crippen molar-refractivity contribution in [3.8, 4) is 0 Å². The molecule has 1 aromatic carbocycles. The van der Waals surface area contributed by atoms with E-state index in [2.05, 4.69) is 9.97 Å². The number of hydrogen-bond acceptors (Lipinski definition) is 4. The molecule has 84 valence electrons. The molecule has 0 bridgehead atoms. The summed E-state index contributed by atoms with van der Waals surface area (Å²) in [6.45, 7) is 0. The second kappa shape index (κ2) is 4.42. The molecule has 0 amide bonds. The fourth-order valence-corrected chi connectivity index (χ4v) is 1.54. The van der Waals surface area contributed by atoms with E-state index in [4.69, 9.17) is 9.47 Å². The zero-order valence-corrected chi connectivity index (χ0v) is 9.06. The van der Waals surface area contributed by atoms with Crippen molar-refractivity contribution in [2.24, 2.45) is 0 Å². The molecule has 0 unspecified atom stereocenters. The fourth-order valence-electron chi connectivity index (χ4n) is 1.54. The average Bonchev–Trinajstić information content (AvgIpc) is 2.77. The van der Waals surface area contributed by atoms with Crippen molar-refractivity contribution in [1.82, 2.24) is 9.97 Å². The normalized spacial score (nSPS) is 11.2. The summed E-state index contributed by atoms with van der Waals surface area (Å²) in [6.07, 6.45) is 0.726. The van der Waals surface area contributed by atoms with E-state index >= 15 is 0 Å². The molecule has 1 heterocycles. The van der Waals surface area contributed by atoms with Crippen LogP contribution in [0, 0.1) is 0 Å². The van der Waals surface area contributed by atoms with Crippen molar-refractivity contribution in [2.75, 3.05) is 14.2 Å². The summed E-state index contributed by atoms with van der Waals surface area (Å²) < 4.78 is 9.82. The number of carbonyl (C=O) groups is 1. The first-order valence-electron chi connectivity index (χ1n) is 4.79. The van der Waals surface area contributed by atoms with Crippen LogP contribution in [0.15, 0.2) is 24.5 Å². The minimum atomic E-state index is -0.861. The van der Waals surface area contributed by atoms with Gasteiger partial charge in [-0.3, -0.25) is 4.79 Å². The Labute approximate surface area is 92.4 Å². The molecule has 0 aliphatic rings. The van der Waals surface area contributed by atoms with Gasteiger partial charge in [0, 0.05) is 19.8 Å². The molecule has 0 fully saturated rings. The van der Waals surface area contributed by atoms with E-state index in [0.29, 0.717) is 5.56 Å². The van der Waals surface area contributed by atoms with Crippen LogP contribution in [0.5, 0.6) is 0 Å². The number of methoxy groups -OCH3 is 2. The molecule has 0 saturated carbocycles. The topological polar surface area (TPSA) is 64.2 Å². The van der Waals surface area contributed by atoms with E-state index in [-0.39, 0.29) is 5.78 Å². The number of Topliss-reactive ketones (excluding diaryl/α,β-unsaturated/α-hetero) is 1. The van der Waals surface area contributed by atoms with Crippen LogP contribution in [-0.4, -0.2) is 36.3 Å². The van der Waals surface area contributed by atoms with Gasteiger partial charge in [-0.15, -0.1) is 0 Å². The Kier molecular flexibility index (Phi) is 2.98. The monoisotopic (exact) mass is 220 g/mol. The summed E-state index contributed by atoms with van der Waals surface area (Å²) in [4.78, 5) is 18.9. The molecule has 5 nitrogen and oxygen atoms in total. The molecule has 2 rings (SSSR count). The summed E-state index contributed by atoms with van der Waals surface area (Å²) in [5.41, 5.74) is 2.17. The second-order valence-corrected chi connectivity index (χ2v) is 3.30. The Hall–Kier alpha value is -1.72. The maximum absolute atomic E-state index is 11.9. The number of imidazole rings is 1. The summed E-state index contributed by atoms with van der Waals surface area (Å²) >= 11 is 0. The molecule has 1 aromatic heterocycles. The van der Waals surface area contributed by atoms with E-state index in [9.17, 15) is 4.79 Å². The van der Waals surface area contributed by atoms with Gasteiger partial charge in [-0.25, -0.2) is 4.98 Å². The van der Waals surface area contributed by atoms with Gasteiger partial charge in [0.25, 0.3) is 0 Å². The molecule has 16 heavy (non-hydrogen) atoms. The smallest absolute Gasteiger partial charge is 0.222 e. The minimum Gasteiger partial charge on any atom is -0.349 e. The average molecular weight is 220 g/mol. The summed E-state index contributed by atoms with van der Waals surface area (Å²) in [6, 6.07) is 5.22. The van der Waals surface area contributed by atoms with Crippen molar-refractivity contribution in [1.29, 1.82) is 0 Å². The number of H-pyrrole nitrogens is 1. The molecule has 0 aliphatic heterocycles. The van der Waals surface area contributed by atoms with Gasteiger partial charge in [0.2, 0.25) is 12.1 Å². The number of ketones is 1. The number of fused-ring (bicyclic) bond motifs is 1. The first-order chi connectivity index (χ1) is 7.76. The third-order valence-corrected chi connectivity index (χ3v) is 2.35. The lowest BCUT2D eigenvalue weighted by molar-refractivity contribution is -0.0742. The molecule has 5 heteroatoms. The molecule has 0 saturated heterocycles. The third-order valence-electron chi connectivity index (χ3n) is 2.35. The number of rotatable bonds is 4. The highest BCUT2D eigenvalue weighted by Gasteiger charge is 2.19. The zero-order valence-electron chi connectivity index (χ0n) is 9.06. The number of ether oxygens (including phenoxy) is 2. The predicted molar refractivity (Wildman–Crippen MR) is 58.2 cm³/mol.